The van der Waals surface area contributed by atoms with Crippen molar-refractivity contribution in [2.75, 3.05) is 0 Å². The molecule has 12 heavy (non-hydrogen) atoms. The first-order valence-corrected chi connectivity index (χ1v) is 3.96. The molecule has 0 amide bonds. The number of nitrogens with zero attached hydrogens (tertiary/aromatic N) is 1. The van der Waals surface area contributed by atoms with Gasteiger partial charge in [-0.05, 0) is 12.1 Å². The number of rotatable bonds is 1. The largest absolute Gasteiger partial charge is 0.294 e. The Kier molecular flexibility index (Phi) is 2.27. The van der Waals surface area contributed by atoms with E-state index in [-0.39, 0.29) is 11.2 Å². The van der Waals surface area contributed by atoms with Crippen molar-refractivity contribution in [3.63, 3.8) is 0 Å². The zero-order chi connectivity index (χ0) is 9.19. The molecule has 0 bridgehead atoms. The van der Waals surface area contributed by atoms with Gasteiger partial charge < -0.3 is 0 Å². The van der Waals surface area contributed by atoms with Gasteiger partial charge in [-0.3, -0.25) is 9.78 Å². The van der Waals surface area contributed by atoms with Crippen molar-refractivity contribution in [2.45, 2.75) is 20.8 Å². The molecular weight excluding hydrogens is 150 g/mol. The van der Waals surface area contributed by atoms with E-state index in [1.807, 2.05) is 20.8 Å². The van der Waals surface area contributed by atoms with Crippen LogP contribution in [0.2, 0.25) is 0 Å². The zero-order valence-electron chi connectivity index (χ0n) is 7.66. The highest BCUT2D eigenvalue weighted by atomic mass is 16.1. The van der Waals surface area contributed by atoms with Crippen LogP contribution in [0.5, 0.6) is 0 Å². The SMILES string of the molecule is CC(C)(C)C(=O)c1ccncc1. The number of Topliss-reactive ketones (excluding diaryl/α,β-unsaturated/α-hetero) is 1. The van der Waals surface area contributed by atoms with Crippen LogP contribution in [0.4, 0.5) is 0 Å². The Hall–Kier alpha value is -1.18. The van der Waals surface area contributed by atoms with Gasteiger partial charge in [0, 0.05) is 23.4 Å². The Balaban J connectivity index is 2.94. The first-order chi connectivity index (χ1) is 5.52. The summed E-state index contributed by atoms with van der Waals surface area (Å²) in [7, 11) is 0. The Bertz CT molecular complexity index is 272. The number of pyridine rings is 1. The maximum absolute atomic E-state index is 11.6. The molecule has 0 aromatic carbocycles. The maximum atomic E-state index is 11.6. The fraction of sp³-hybridized carbons (Fsp3) is 0.400. The Morgan fingerprint density at radius 3 is 2.17 bits per heavy atom. The first-order valence-electron chi connectivity index (χ1n) is 3.96. The van der Waals surface area contributed by atoms with Crippen LogP contribution in [-0.4, -0.2) is 10.8 Å². The second-order valence-corrected chi connectivity index (χ2v) is 3.82. The van der Waals surface area contributed by atoms with E-state index < -0.39 is 0 Å². The van der Waals surface area contributed by atoms with Crippen LogP contribution in [0.15, 0.2) is 24.5 Å². The van der Waals surface area contributed by atoms with Gasteiger partial charge in [-0.15, -0.1) is 0 Å². The molecule has 2 heteroatoms. The van der Waals surface area contributed by atoms with Crippen molar-refractivity contribution >= 4 is 5.78 Å². The number of hydrogen-bond acceptors (Lipinski definition) is 2. The van der Waals surface area contributed by atoms with Gasteiger partial charge in [0.25, 0.3) is 0 Å². The normalized spacial score (nSPS) is 11.2. The van der Waals surface area contributed by atoms with E-state index in [0.29, 0.717) is 0 Å². The Morgan fingerprint density at radius 1 is 1.25 bits per heavy atom. The molecule has 0 saturated heterocycles. The van der Waals surface area contributed by atoms with Crippen LogP contribution < -0.4 is 0 Å². The summed E-state index contributed by atoms with van der Waals surface area (Å²) in [6.45, 7) is 5.74. The highest BCUT2D eigenvalue weighted by Gasteiger charge is 2.22. The molecule has 0 aliphatic rings. The molecule has 0 saturated carbocycles. The molecular formula is C10H13NO. The highest BCUT2D eigenvalue weighted by Crippen LogP contribution is 2.19. The van der Waals surface area contributed by atoms with E-state index in [9.17, 15) is 4.79 Å². The fourth-order valence-electron chi connectivity index (χ4n) is 0.936. The van der Waals surface area contributed by atoms with E-state index in [0.717, 1.165) is 5.56 Å². The summed E-state index contributed by atoms with van der Waals surface area (Å²) in [4.78, 5) is 15.5. The van der Waals surface area contributed by atoms with Gasteiger partial charge in [-0.2, -0.15) is 0 Å². The van der Waals surface area contributed by atoms with Gasteiger partial charge in [0.2, 0.25) is 0 Å². The lowest BCUT2D eigenvalue weighted by Crippen LogP contribution is -2.19. The van der Waals surface area contributed by atoms with Gasteiger partial charge in [-0.1, -0.05) is 20.8 Å². The number of ketones is 1. The average Bonchev–Trinajstić information content (AvgIpc) is 2.03. The van der Waals surface area contributed by atoms with Crippen molar-refractivity contribution in [2.24, 2.45) is 5.41 Å². The predicted molar refractivity (Wildman–Crippen MR) is 48.0 cm³/mol. The zero-order valence-corrected chi connectivity index (χ0v) is 7.66. The second-order valence-electron chi connectivity index (χ2n) is 3.82. The summed E-state index contributed by atoms with van der Waals surface area (Å²) in [6, 6.07) is 3.49. The molecule has 0 radical (unpaired) electrons. The monoisotopic (exact) mass is 163 g/mol. The molecule has 1 aromatic rings. The van der Waals surface area contributed by atoms with E-state index in [4.69, 9.17) is 0 Å². The van der Waals surface area contributed by atoms with E-state index in [2.05, 4.69) is 4.98 Å². The van der Waals surface area contributed by atoms with Crippen LogP contribution in [0.25, 0.3) is 0 Å². The van der Waals surface area contributed by atoms with Gasteiger partial charge >= 0.3 is 0 Å². The average molecular weight is 163 g/mol. The number of carbonyl (C=O) groups excluding carboxylic acids is 1. The summed E-state index contributed by atoms with van der Waals surface area (Å²) < 4.78 is 0. The minimum Gasteiger partial charge on any atom is -0.294 e. The van der Waals surface area contributed by atoms with Crippen molar-refractivity contribution in [1.82, 2.24) is 4.98 Å². The van der Waals surface area contributed by atoms with E-state index in [1.54, 1.807) is 24.5 Å². The molecule has 0 unspecified atom stereocenters. The molecule has 0 aliphatic heterocycles. The Morgan fingerprint density at radius 2 is 1.75 bits per heavy atom. The van der Waals surface area contributed by atoms with Crippen molar-refractivity contribution in [1.29, 1.82) is 0 Å². The summed E-state index contributed by atoms with van der Waals surface area (Å²) in [5.41, 5.74) is 0.430. The van der Waals surface area contributed by atoms with Crippen LogP contribution in [-0.2, 0) is 0 Å². The molecule has 1 rings (SSSR count). The van der Waals surface area contributed by atoms with E-state index >= 15 is 0 Å². The van der Waals surface area contributed by atoms with Gasteiger partial charge in [0.1, 0.15) is 0 Å². The highest BCUT2D eigenvalue weighted by molar-refractivity contribution is 5.99. The number of hydrogen-bond donors (Lipinski definition) is 0. The van der Waals surface area contributed by atoms with Crippen LogP contribution in [0, 0.1) is 5.41 Å². The molecule has 0 N–H and O–H groups in total. The molecule has 1 heterocycles. The van der Waals surface area contributed by atoms with Crippen molar-refractivity contribution in [3.05, 3.63) is 30.1 Å². The molecule has 0 aliphatic carbocycles. The Labute approximate surface area is 72.6 Å². The lowest BCUT2D eigenvalue weighted by atomic mass is 9.87. The minimum atomic E-state index is -0.304. The topological polar surface area (TPSA) is 30.0 Å². The lowest BCUT2D eigenvalue weighted by molar-refractivity contribution is 0.0858. The molecule has 0 fully saturated rings. The van der Waals surface area contributed by atoms with Crippen molar-refractivity contribution in [3.8, 4) is 0 Å². The third kappa shape index (κ3) is 1.91. The first kappa shape index (κ1) is 8.91. The summed E-state index contributed by atoms with van der Waals surface area (Å²) in [5.74, 6) is 0.157. The van der Waals surface area contributed by atoms with Gasteiger partial charge in [0.15, 0.2) is 5.78 Å². The quantitative estimate of drug-likeness (QED) is 0.594. The number of aromatic nitrogens is 1. The molecule has 0 atom stereocenters. The molecule has 1 aromatic heterocycles. The van der Waals surface area contributed by atoms with Crippen LogP contribution >= 0.6 is 0 Å². The van der Waals surface area contributed by atoms with E-state index in [1.165, 1.54) is 0 Å². The van der Waals surface area contributed by atoms with Crippen LogP contribution in [0.3, 0.4) is 0 Å². The molecule has 2 nitrogen and oxygen atoms in total. The molecule has 0 spiro atoms. The second kappa shape index (κ2) is 3.05. The molecule has 64 valence electrons. The third-order valence-electron chi connectivity index (χ3n) is 1.62. The predicted octanol–water partition coefficient (Wildman–Crippen LogP) is 2.31. The van der Waals surface area contributed by atoms with Crippen LogP contribution in [0.1, 0.15) is 31.1 Å². The fourth-order valence-corrected chi connectivity index (χ4v) is 0.936. The summed E-state index contributed by atoms with van der Waals surface area (Å²) >= 11 is 0. The summed E-state index contributed by atoms with van der Waals surface area (Å²) in [6.07, 6.45) is 3.28. The maximum Gasteiger partial charge on any atom is 0.168 e. The number of carbonyl (C=O) groups is 1. The summed E-state index contributed by atoms with van der Waals surface area (Å²) in [5, 5.41) is 0. The van der Waals surface area contributed by atoms with Crippen molar-refractivity contribution < 1.29 is 4.79 Å². The minimum absolute atomic E-state index is 0.157. The van der Waals surface area contributed by atoms with Gasteiger partial charge in [-0.25, -0.2) is 0 Å². The van der Waals surface area contributed by atoms with Gasteiger partial charge in [0.05, 0.1) is 0 Å². The third-order valence-corrected chi connectivity index (χ3v) is 1.62. The smallest absolute Gasteiger partial charge is 0.168 e. The standard InChI is InChI=1S/C10H13NO/c1-10(2,3)9(12)8-4-6-11-7-5-8/h4-7H,1-3H3. The lowest BCUT2D eigenvalue weighted by Gasteiger charge is -2.15.